The normalized spacial score (nSPS) is 35.3. The summed E-state index contributed by atoms with van der Waals surface area (Å²) in [6.45, 7) is 4.68. The SMILES string of the molecule is CC1CCC(N2CCC(C=O)CC2)CC1. The van der Waals surface area contributed by atoms with E-state index in [1.165, 1.54) is 25.7 Å². The van der Waals surface area contributed by atoms with Crippen LogP contribution in [0.25, 0.3) is 0 Å². The summed E-state index contributed by atoms with van der Waals surface area (Å²) in [6, 6.07) is 0.828. The summed E-state index contributed by atoms with van der Waals surface area (Å²) in [4.78, 5) is 13.3. The van der Waals surface area contributed by atoms with Gasteiger partial charge in [-0.1, -0.05) is 6.92 Å². The average Bonchev–Trinajstić information content (AvgIpc) is 2.30. The first kappa shape index (κ1) is 11.1. The highest BCUT2D eigenvalue weighted by Gasteiger charge is 2.27. The number of rotatable bonds is 2. The van der Waals surface area contributed by atoms with Gasteiger partial charge in [0.15, 0.2) is 0 Å². The van der Waals surface area contributed by atoms with Gasteiger partial charge < -0.3 is 9.69 Å². The predicted molar refractivity (Wildman–Crippen MR) is 61.8 cm³/mol. The van der Waals surface area contributed by atoms with Crippen molar-refractivity contribution >= 4 is 6.29 Å². The molecule has 0 radical (unpaired) electrons. The van der Waals surface area contributed by atoms with Crippen LogP contribution in [0.3, 0.4) is 0 Å². The first-order valence-electron chi connectivity index (χ1n) is 6.49. The molecule has 0 unspecified atom stereocenters. The molecule has 0 atom stereocenters. The lowest BCUT2D eigenvalue weighted by Gasteiger charge is -2.39. The van der Waals surface area contributed by atoms with Gasteiger partial charge in [-0.25, -0.2) is 0 Å². The van der Waals surface area contributed by atoms with Crippen LogP contribution < -0.4 is 0 Å². The van der Waals surface area contributed by atoms with Crippen LogP contribution in [0.1, 0.15) is 45.4 Å². The molecule has 2 fully saturated rings. The molecular formula is C13H23NO. The van der Waals surface area contributed by atoms with Crippen molar-refractivity contribution < 1.29 is 4.79 Å². The number of piperidine rings is 1. The van der Waals surface area contributed by atoms with Crippen LogP contribution in [-0.4, -0.2) is 30.3 Å². The second kappa shape index (κ2) is 5.11. The predicted octanol–water partition coefficient (Wildman–Crippen LogP) is 2.48. The van der Waals surface area contributed by atoms with Gasteiger partial charge in [0, 0.05) is 12.0 Å². The molecule has 0 bridgehead atoms. The molecule has 2 rings (SSSR count). The van der Waals surface area contributed by atoms with E-state index in [9.17, 15) is 4.79 Å². The van der Waals surface area contributed by atoms with E-state index in [0.29, 0.717) is 5.92 Å². The summed E-state index contributed by atoms with van der Waals surface area (Å²) in [6.07, 6.45) is 8.90. The summed E-state index contributed by atoms with van der Waals surface area (Å²) in [5.74, 6) is 1.29. The number of carbonyl (C=O) groups excluding carboxylic acids is 1. The zero-order chi connectivity index (χ0) is 10.7. The fourth-order valence-corrected chi connectivity index (χ4v) is 3.03. The second-order valence-corrected chi connectivity index (χ2v) is 5.42. The van der Waals surface area contributed by atoms with E-state index in [0.717, 1.165) is 44.2 Å². The van der Waals surface area contributed by atoms with Crippen LogP contribution in [-0.2, 0) is 4.79 Å². The van der Waals surface area contributed by atoms with Crippen LogP contribution in [0, 0.1) is 11.8 Å². The zero-order valence-electron chi connectivity index (χ0n) is 9.82. The van der Waals surface area contributed by atoms with Crippen LogP contribution >= 0.6 is 0 Å². The van der Waals surface area contributed by atoms with Crippen LogP contribution in [0.15, 0.2) is 0 Å². The summed E-state index contributed by atoms with van der Waals surface area (Å²) in [5, 5.41) is 0. The van der Waals surface area contributed by atoms with Crippen LogP contribution in [0.4, 0.5) is 0 Å². The summed E-state index contributed by atoms with van der Waals surface area (Å²) < 4.78 is 0. The number of hydrogen-bond donors (Lipinski definition) is 0. The molecule has 1 saturated heterocycles. The zero-order valence-corrected chi connectivity index (χ0v) is 9.82. The van der Waals surface area contributed by atoms with Gasteiger partial charge in [0.05, 0.1) is 0 Å². The molecule has 1 aliphatic carbocycles. The topological polar surface area (TPSA) is 20.3 Å². The largest absolute Gasteiger partial charge is 0.303 e. The maximum absolute atomic E-state index is 10.7. The fraction of sp³-hybridized carbons (Fsp3) is 0.923. The first-order valence-corrected chi connectivity index (χ1v) is 6.49. The van der Waals surface area contributed by atoms with Crippen molar-refractivity contribution in [1.82, 2.24) is 4.90 Å². The van der Waals surface area contributed by atoms with Gasteiger partial charge >= 0.3 is 0 Å². The molecule has 0 amide bonds. The number of aldehydes is 1. The number of nitrogens with zero attached hydrogens (tertiary/aromatic N) is 1. The number of likely N-dealkylation sites (tertiary alicyclic amines) is 1. The molecule has 0 N–H and O–H groups in total. The third kappa shape index (κ3) is 2.81. The summed E-state index contributed by atoms with van der Waals surface area (Å²) >= 11 is 0. The molecule has 0 aromatic heterocycles. The van der Waals surface area contributed by atoms with Crippen molar-refractivity contribution in [1.29, 1.82) is 0 Å². The lowest BCUT2D eigenvalue weighted by molar-refractivity contribution is -0.112. The molecule has 2 nitrogen and oxygen atoms in total. The van der Waals surface area contributed by atoms with Gasteiger partial charge in [-0.05, 0) is 57.5 Å². The maximum Gasteiger partial charge on any atom is 0.123 e. The molecular weight excluding hydrogens is 186 g/mol. The van der Waals surface area contributed by atoms with Crippen molar-refractivity contribution in [3.8, 4) is 0 Å². The number of carbonyl (C=O) groups is 1. The highest BCUT2D eigenvalue weighted by molar-refractivity contribution is 5.53. The maximum atomic E-state index is 10.7. The van der Waals surface area contributed by atoms with Crippen molar-refractivity contribution in [2.75, 3.05) is 13.1 Å². The molecule has 86 valence electrons. The van der Waals surface area contributed by atoms with E-state index >= 15 is 0 Å². The summed E-state index contributed by atoms with van der Waals surface area (Å²) in [5.41, 5.74) is 0. The second-order valence-electron chi connectivity index (χ2n) is 5.42. The van der Waals surface area contributed by atoms with E-state index in [2.05, 4.69) is 11.8 Å². The molecule has 0 aromatic carbocycles. The minimum Gasteiger partial charge on any atom is -0.303 e. The van der Waals surface area contributed by atoms with E-state index in [1.54, 1.807) is 0 Å². The van der Waals surface area contributed by atoms with Crippen LogP contribution in [0.5, 0.6) is 0 Å². The van der Waals surface area contributed by atoms with Gasteiger partial charge in [0.2, 0.25) is 0 Å². The van der Waals surface area contributed by atoms with Crippen molar-refractivity contribution in [2.24, 2.45) is 11.8 Å². The van der Waals surface area contributed by atoms with E-state index < -0.39 is 0 Å². The molecule has 15 heavy (non-hydrogen) atoms. The Labute approximate surface area is 93.0 Å². The lowest BCUT2D eigenvalue weighted by atomic mass is 9.85. The Kier molecular flexibility index (Phi) is 3.79. The molecule has 1 saturated carbocycles. The Morgan fingerprint density at radius 1 is 1.00 bits per heavy atom. The van der Waals surface area contributed by atoms with Gasteiger partial charge in [0.25, 0.3) is 0 Å². The van der Waals surface area contributed by atoms with E-state index in [1.807, 2.05) is 0 Å². The Morgan fingerprint density at radius 2 is 1.60 bits per heavy atom. The summed E-state index contributed by atoms with van der Waals surface area (Å²) in [7, 11) is 0. The van der Waals surface area contributed by atoms with E-state index in [4.69, 9.17) is 0 Å². The Hall–Kier alpha value is -0.370. The Bertz CT molecular complexity index is 201. The average molecular weight is 209 g/mol. The van der Waals surface area contributed by atoms with Crippen LogP contribution in [0.2, 0.25) is 0 Å². The van der Waals surface area contributed by atoms with Crippen molar-refractivity contribution in [3.05, 3.63) is 0 Å². The number of hydrogen-bond acceptors (Lipinski definition) is 2. The fourth-order valence-electron chi connectivity index (χ4n) is 3.03. The Balaban J connectivity index is 1.78. The first-order chi connectivity index (χ1) is 7.29. The third-order valence-electron chi connectivity index (χ3n) is 4.27. The minimum absolute atomic E-state index is 0.351. The smallest absolute Gasteiger partial charge is 0.123 e. The highest BCUT2D eigenvalue weighted by Crippen LogP contribution is 2.29. The molecule has 1 aliphatic heterocycles. The standard InChI is InChI=1S/C13H23NO/c1-11-2-4-13(5-3-11)14-8-6-12(10-15)7-9-14/h10-13H,2-9H2,1H3. The van der Waals surface area contributed by atoms with Gasteiger partial charge in [-0.2, -0.15) is 0 Å². The molecule has 2 aliphatic rings. The van der Waals surface area contributed by atoms with E-state index in [-0.39, 0.29) is 0 Å². The van der Waals surface area contributed by atoms with Crippen molar-refractivity contribution in [2.45, 2.75) is 51.5 Å². The third-order valence-corrected chi connectivity index (χ3v) is 4.27. The van der Waals surface area contributed by atoms with Gasteiger partial charge in [-0.15, -0.1) is 0 Å². The lowest BCUT2D eigenvalue weighted by Crippen LogP contribution is -2.43. The molecule has 0 aromatic rings. The molecule has 0 spiro atoms. The quantitative estimate of drug-likeness (QED) is 0.651. The molecule has 1 heterocycles. The molecule has 2 heteroatoms. The monoisotopic (exact) mass is 209 g/mol. The van der Waals surface area contributed by atoms with Crippen molar-refractivity contribution in [3.63, 3.8) is 0 Å². The van der Waals surface area contributed by atoms with Gasteiger partial charge in [-0.3, -0.25) is 0 Å². The van der Waals surface area contributed by atoms with Gasteiger partial charge in [0.1, 0.15) is 6.29 Å². The Morgan fingerprint density at radius 3 is 2.13 bits per heavy atom. The highest BCUT2D eigenvalue weighted by atomic mass is 16.1. The minimum atomic E-state index is 0.351.